The molecular weight excluding hydrogens is 695 g/mol. The molecule has 268 valence electrons. The van der Waals surface area contributed by atoms with Gasteiger partial charge in [0.05, 0.1) is 28.1 Å². The number of hydrogen-bond acceptors (Lipinski definition) is 3. The number of benzene rings is 9. The zero-order chi connectivity index (χ0) is 37.7. The van der Waals surface area contributed by atoms with Crippen LogP contribution < -0.4 is 4.90 Å². The van der Waals surface area contributed by atoms with Crippen molar-refractivity contribution in [3.63, 3.8) is 0 Å². The standard InChI is InChI=1S/C53H35N3O/c1-4-16-36(17-5-1)37-30-32-40(33-31-37)55(50-29-15-25-45-52(50)57-53(54-45)39-20-8-3-9-21-39)47-28-14-24-43-42(47)34-35-49-51(43)44-23-11-13-27-48(44)56(49)46-26-12-10-22-41(46)38-18-6-2-7-19-38/h1-35H. The second-order valence-electron chi connectivity index (χ2n) is 14.3. The molecule has 0 fully saturated rings. The van der Waals surface area contributed by atoms with Gasteiger partial charge in [-0.05, 0) is 82.7 Å². The topological polar surface area (TPSA) is 34.2 Å². The molecule has 0 bridgehead atoms. The van der Waals surface area contributed by atoms with Gasteiger partial charge in [-0.1, -0.05) is 152 Å². The summed E-state index contributed by atoms with van der Waals surface area (Å²) >= 11 is 0. The molecule has 57 heavy (non-hydrogen) atoms. The van der Waals surface area contributed by atoms with E-state index in [-0.39, 0.29) is 0 Å². The Morgan fingerprint density at radius 2 is 1.02 bits per heavy atom. The van der Waals surface area contributed by atoms with Gasteiger partial charge in [0.1, 0.15) is 5.52 Å². The third kappa shape index (κ3) is 5.50. The van der Waals surface area contributed by atoms with Gasteiger partial charge >= 0.3 is 0 Å². The summed E-state index contributed by atoms with van der Waals surface area (Å²) in [4.78, 5) is 7.30. The zero-order valence-corrected chi connectivity index (χ0v) is 31.0. The molecule has 11 rings (SSSR count). The molecule has 0 unspecified atom stereocenters. The fourth-order valence-corrected chi connectivity index (χ4v) is 8.45. The smallest absolute Gasteiger partial charge is 0.227 e. The van der Waals surface area contributed by atoms with Gasteiger partial charge in [0.25, 0.3) is 0 Å². The lowest BCUT2D eigenvalue weighted by Gasteiger charge is -2.27. The van der Waals surface area contributed by atoms with Crippen LogP contribution in [0.2, 0.25) is 0 Å². The van der Waals surface area contributed by atoms with Gasteiger partial charge in [-0.15, -0.1) is 0 Å². The number of nitrogens with zero attached hydrogens (tertiary/aromatic N) is 3. The summed E-state index contributed by atoms with van der Waals surface area (Å²) in [5, 5.41) is 4.74. The summed E-state index contributed by atoms with van der Waals surface area (Å²) in [5.74, 6) is 0.598. The van der Waals surface area contributed by atoms with Gasteiger partial charge in [-0.3, -0.25) is 0 Å². The molecule has 0 saturated carbocycles. The Morgan fingerprint density at radius 3 is 1.81 bits per heavy atom. The summed E-state index contributed by atoms with van der Waals surface area (Å²) in [6, 6.07) is 75.1. The van der Waals surface area contributed by atoms with E-state index in [9.17, 15) is 0 Å². The first-order valence-electron chi connectivity index (χ1n) is 19.3. The minimum atomic E-state index is 0.598. The first-order valence-corrected chi connectivity index (χ1v) is 19.3. The molecule has 4 nitrogen and oxygen atoms in total. The predicted octanol–water partition coefficient (Wildman–Crippen LogP) is 14.5. The molecule has 0 amide bonds. The monoisotopic (exact) mass is 729 g/mol. The fraction of sp³-hybridized carbons (Fsp3) is 0. The van der Waals surface area contributed by atoms with Crippen molar-refractivity contribution in [1.82, 2.24) is 9.55 Å². The van der Waals surface area contributed by atoms with E-state index >= 15 is 0 Å². The van der Waals surface area contributed by atoms with E-state index in [1.807, 2.05) is 36.4 Å². The molecule has 9 aromatic carbocycles. The molecule has 0 aliphatic carbocycles. The molecular formula is C53H35N3O. The van der Waals surface area contributed by atoms with Crippen molar-refractivity contribution in [1.29, 1.82) is 0 Å². The third-order valence-corrected chi connectivity index (χ3v) is 11.0. The molecule has 0 aliphatic rings. The largest absolute Gasteiger partial charge is 0.434 e. The van der Waals surface area contributed by atoms with Crippen molar-refractivity contribution in [3.8, 4) is 39.4 Å². The van der Waals surface area contributed by atoms with Crippen LogP contribution in [0.3, 0.4) is 0 Å². The molecule has 0 atom stereocenters. The number of rotatable bonds is 7. The zero-order valence-electron chi connectivity index (χ0n) is 31.0. The Kier molecular flexibility index (Phi) is 7.78. The summed E-state index contributed by atoms with van der Waals surface area (Å²) in [7, 11) is 0. The van der Waals surface area contributed by atoms with Crippen molar-refractivity contribution >= 4 is 60.7 Å². The van der Waals surface area contributed by atoms with E-state index in [1.165, 1.54) is 38.4 Å². The van der Waals surface area contributed by atoms with E-state index in [0.29, 0.717) is 5.89 Å². The minimum Gasteiger partial charge on any atom is -0.434 e. The van der Waals surface area contributed by atoms with Crippen LogP contribution in [-0.2, 0) is 0 Å². The van der Waals surface area contributed by atoms with Gasteiger partial charge in [-0.2, -0.15) is 0 Å². The van der Waals surface area contributed by atoms with Crippen LogP contribution >= 0.6 is 0 Å². The fourth-order valence-electron chi connectivity index (χ4n) is 8.45. The SMILES string of the molecule is c1ccc(-c2ccc(N(c3cccc4c3ccc3c4c4ccccc4n3-c3ccccc3-c3ccccc3)c3cccc4nc(-c5ccccc5)oc34)cc2)cc1. The van der Waals surface area contributed by atoms with Crippen molar-refractivity contribution in [2.24, 2.45) is 0 Å². The van der Waals surface area contributed by atoms with Gasteiger partial charge in [-0.25, -0.2) is 4.98 Å². The molecule has 0 N–H and O–H groups in total. The molecule has 0 saturated heterocycles. The lowest BCUT2D eigenvalue weighted by Crippen LogP contribution is -2.11. The second-order valence-corrected chi connectivity index (χ2v) is 14.3. The van der Waals surface area contributed by atoms with Crippen molar-refractivity contribution < 1.29 is 4.42 Å². The highest BCUT2D eigenvalue weighted by molar-refractivity contribution is 6.23. The minimum absolute atomic E-state index is 0.598. The summed E-state index contributed by atoms with van der Waals surface area (Å²) in [5.41, 5.74) is 13.7. The highest BCUT2D eigenvalue weighted by Gasteiger charge is 2.23. The third-order valence-electron chi connectivity index (χ3n) is 11.0. The van der Waals surface area contributed by atoms with Crippen LogP contribution in [0.25, 0.3) is 83.1 Å². The van der Waals surface area contributed by atoms with Gasteiger partial charge in [0.15, 0.2) is 5.58 Å². The van der Waals surface area contributed by atoms with E-state index in [2.05, 4.69) is 185 Å². The number of fused-ring (bicyclic) bond motifs is 6. The van der Waals surface area contributed by atoms with Crippen molar-refractivity contribution in [2.45, 2.75) is 0 Å². The second kappa shape index (κ2) is 13.6. The summed E-state index contributed by atoms with van der Waals surface area (Å²) < 4.78 is 9.12. The first-order chi connectivity index (χ1) is 28.3. The summed E-state index contributed by atoms with van der Waals surface area (Å²) in [6.07, 6.45) is 0. The molecule has 0 aliphatic heterocycles. The van der Waals surface area contributed by atoms with Gasteiger partial charge in [0.2, 0.25) is 5.89 Å². The van der Waals surface area contributed by atoms with Crippen molar-refractivity contribution in [3.05, 3.63) is 212 Å². The van der Waals surface area contributed by atoms with Crippen molar-refractivity contribution in [2.75, 3.05) is 4.90 Å². The first kappa shape index (κ1) is 32.7. The highest BCUT2D eigenvalue weighted by atomic mass is 16.3. The lowest BCUT2D eigenvalue weighted by molar-refractivity contribution is 0.620. The summed E-state index contributed by atoms with van der Waals surface area (Å²) in [6.45, 7) is 0. The van der Waals surface area contributed by atoms with Crippen LogP contribution in [0.15, 0.2) is 217 Å². The Hall–Kier alpha value is -7.69. The van der Waals surface area contributed by atoms with Crippen LogP contribution in [0, 0.1) is 0 Å². The van der Waals surface area contributed by atoms with Crippen LogP contribution in [-0.4, -0.2) is 9.55 Å². The Labute approximate surface area is 330 Å². The van der Waals surface area contributed by atoms with E-state index in [4.69, 9.17) is 9.40 Å². The van der Waals surface area contributed by atoms with Gasteiger partial charge < -0.3 is 13.9 Å². The van der Waals surface area contributed by atoms with E-state index < -0.39 is 0 Å². The van der Waals surface area contributed by atoms with Crippen LogP contribution in [0.1, 0.15) is 0 Å². The predicted molar refractivity (Wildman–Crippen MR) is 237 cm³/mol. The maximum Gasteiger partial charge on any atom is 0.227 e. The normalized spacial score (nSPS) is 11.5. The molecule has 11 aromatic rings. The molecule has 2 aromatic heterocycles. The number of hydrogen-bond donors (Lipinski definition) is 0. The maximum atomic E-state index is 6.69. The molecule has 4 heteroatoms. The number of anilines is 3. The Morgan fingerprint density at radius 1 is 0.404 bits per heavy atom. The van der Waals surface area contributed by atoms with Crippen LogP contribution in [0.5, 0.6) is 0 Å². The number of oxazole rings is 1. The van der Waals surface area contributed by atoms with E-state index in [1.54, 1.807) is 0 Å². The molecule has 0 spiro atoms. The number of aromatic nitrogens is 2. The average Bonchev–Trinajstić information content (AvgIpc) is 3.88. The molecule has 2 heterocycles. The Bertz CT molecular complexity index is 3220. The maximum absolute atomic E-state index is 6.69. The number of para-hydroxylation sites is 3. The van der Waals surface area contributed by atoms with E-state index in [0.717, 1.165) is 55.9 Å². The highest BCUT2D eigenvalue weighted by Crippen LogP contribution is 2.46. The van der Waals surface area contributed by atoms with Gasteiger partial charge in [0, 0.05) is 33.0 Å². The quantitative estimate of drug-likeness (QED) is 0.164. The van der Waals surface area contributed by atoms with Crippen LogP contribution in [0.4, 0.5) is 17.1 Å². The molecule has 0 radical (unpaired) electrons. The Balaban J connectivity index is 1.16. The lowest BCUT2D eigenvalue weighted by atomic mass is 10.0. The average molecular weight is 730 g/mol.